The van der Waals surface area contributed by atoms with E-state index in [1.165, 1.54) is 0 Å². The quantitative estimate of drug-likeness (QED) is 0.277. The monoisotopic (exact) mass is 318 g/mol. The zero-order valence-corrected chi connectivity index (χ0v) is 12.2. The topological polar surface area (TPSA) is 157 Å². The first-order valence-electron chi connectivity index (χ1n) is 6.89. The number of hydrogen-bond acceptors (Lipinski definition) is 4. The number of carboxylic acid groups (broad SMARTS) is 2. The molecule has 0 rings (SSSR count). The van der Waals surface area contributed by atoms with E-state index < -0.39 is 24.0 Å². The second-order valence-electron chi connectivity index (χ2n) is 4.36. The third-order valence-electron chi connectivity index (χ3n) is 2.42. The van der Waals surface area contributed by atoms with Crippen molar-refractivity contribution >= 4 is 24.0 Å². The van der Waals surface area contributed by atoms with E-state index in [4.69, 9.17) is 10.2 Å². The molecule has 126 valence electrons. The van der Waals surface area contributed by atoms with Crippen molar-refractivity contribution in [2.45, 2.75) is 25.7 Å². The summed E-state index contributed by atoms with van der Waals surface area (Å²) in [5, 5.41) is 26.7. The lowest BCUT2D eigenvalue weighted by Gasteiger charge is -2.08. The number of amides is 4. The summed E-state index contributed by atoms with van der Waals surface area (Å²) in [5.41, 5.74) is 0. The number of rotatable bonds is 11. The lowest BCUT2D eigenvalue weighted by atomic mass is 10.3. The largest absolute Gasteiger partial charge is 0.481 e. The Morgan fingerprint density at radius 2 is 0.909 bits per heavy atom. The third kappa shape index (κ3) is 13.9. The molecule has 0 bridgehead atoms. The van der Waals surface area contributed by atoms with E-state index in [9.17, 15) is 19.2 Å². The lowest BCUT2D eigenvalue weighted by Crippen LogP contribution is -2.38. The Hall–Kier alpha value is -2.52. The molecule has 0 saturated heterocycles. The van der Waals surface area contributed by atoms with Gasteiger partial charge >= 0.3 is 24.0 Å². The average molecular weight is 318 g/mol. The van der Waals surface area contributed by atoms with E-state index in [-0.39, 0.29) is 25.9 Å². The second-order valence-corrected chi connectivity index (χ2v) is 4.36. The molecule has 0 unspecified atom stereocenters. The Balaban J connectivity index is 3.38. The molecule has 0 aromatic rings. The molecule has 10 nitrogen and oxygen atoms in total. The molecule has 0 aliphatic heterocycles. The first-order valence-corrected chi connectivity index (χ1v) is 6.89. The molecule has 0 aromatic heterocycles. The van der Waals surface area contributed by atoms with Gasteiger partial charge in [-0.3, -0.25) is 9.59 Å². The summed E-state index contributed by atoms with van der Waals surface area (Å²) >= 11 is 0. The van der Waals surface area contributed by atoms with Crippen LogP contribution < -0.4 is 21.3 Å². The van der Waals surface area contributed by atoms with Gasteiger partial charge in [-0.15, -0.1) is 0 Å². The summed E-state index contributed by atoms with van der Waals surface area (Å²) in [6.07, 6.45) is 1.02. The van der Waals surface area contributed by atoms with E-state index in [1.54, 1.807) is 0 Å². The van der Waals surface area contributed by atoms with Gasteiger partial charge in [0.15, 0.2) is 0 Å². The van der Waals surface area contributed by atoms with Crippen molar-refractivity contribution in [2.75, 3.05) is 26.2 Å². The van der Waals surface area contributed by atoms with Gasteiger partial charge in [-0.05, 0) is 12.8 Å². The number of carboxylic acids is 2. The highest BCUT2D eigenvalue weighted by Crippen LogP contribution is 1.85. The maximum atomic E-state index is 11.2. The van der Waals surface area contributed by atoms with Crippen LogP contribution in [0.25, 0.3) is 0 Å². The molecule has 0 radical (unpaired) electrons. The minimum absolute atomic E-state index is 0.0687. The average Bonchev–Trinajstić information content (AvgIpc) is 2.41. The van der Waals surface area contributed by atoms with E-state index in [1.807, 2.05) is 0 Å². The van der Waals surface area contributed by atoms with Crippen molar-refractivity contribution in [3.8, 4) is 0 Å². The van der Waals surface area contributed by atoms with Gasteiger partial charge < -0.3 is 31.5 Å². The molecule has 0 aromatic carbocycles. The summed E-state index contributed by atoms with van der Waals surface area (Å²) in [6, 6.07) is -0.860. The van der Waals surface area contributed by atoms with Crippen LogP contribution in [0.2, 0.25) is 0 Å². The van der Waals surface area contributed by atoms with Gasteiger partial charge in [-0.25, -0.2) is 9.59 Å². The van der Waals surface area contributed by atoms with Crippen molar-refractivity contribution < 1.29 is 29.4 Å². The molecule has 0 saturated carbocycles. The Morgan fingerprint density at radius 1 is 0.591 bits per heavy atom. The third-order valence-corrected chi connectivity index (χ3v) is 2.42. The number of carbonyl (C=O) groups excluding carboxylic acids is 2. The van der Waals surface area contributed by atoms with Crippen molar-refractivity contribution in [3.63, 3.8) is 0 Å². The summed E-state index contributed by atoms with van der Waals surface area (Å²) in [6.45, 7) is 0.945. The van der Waals surface area contributed by atoms with E-state index in [0.717, 1.165) is 0 Å². The van der Waals surface area contributed by atoms with Crippen molar-refractivity contribution in [3.05, 3.63) is 0 Å². The predicted octanol–water partition coefficient (Wildman–Crippen LogP) is -0.686. The number of urea groups is 2. The molecule has 0 aliphatic rings. The number of nitrogens with one attached hydrogen (secondary N) is 4. The maximum absolute atomic E-state index is 11.2. The SMILES string of the molecule is O=C(O)CCNC(=O)NCCCCNC(=O)NCCC(=O)O. The second kappa shape index (κ2) is 12.2. The van der Waals surface area contributed by atoms with Gasteiger partial charge in [0, 0.05) is 26.2 Å². The smallest absolute Gasteiger partial charge is 0.314 e. The molecule has 0 spiro atoms. The standard InChI is InChI=1S/C12H22N4O6/c17-9(18)3-7-15-11(21)13-5-1-2-6-14-12(22)16-8-4-10(19)20/h1-8H2,(H,17,18)(H,19,20)(H2,13,15,21)(H2,14,16,22). The van der Waals surface area contributed by atoms with E-state index in [2.05, 4.69) is 21.3 Å². The Morgan fingerprint density at radius 3 is 1.23 bits per heavy atom. The van der Waals surface area contributed by atoms with Crippen LogP contribution in [0.15, 0.2) is 0 Å². The fourth-order valence-electron chi connectivity index (χ4n) is 1.34. The van der Waals surface area contributed by atoms with Crippen LogP contribution >= 0.6 is 0 Å². The molecule has 0 fully saturated rings. The first kappa shape index (κ1) is 19.5. The van der Waals surface area contributed by atoms with E-state index in [0.29, 0.717) is 25.9 Å². The van der Waals surface area contributed by atoms with Crippen LogP contribution in [0.1, 0.15) is 25.7 Å². The summed E-state index contributed by atoms with van der Waals surface area (Å²) in [5.74, 6) is -1.96. The Bertz CT molecular complexity index is 352. The number of unbranched alkanes of at least 4 members (excludes halogenated alkanes) is 1. The fraction of sp³-hybridized carbons (Fsp3) is 0.667. The van der Waals surface area contributed by atoms with E-state index >= 15 is 0 Å². The van der Waals surface area contributed by atoms with Crippen molar-refractivity contribution in [2.24, 2.45) is 0 Å². The Labute approximate surface area is 127 Å². The highest BCUT2D eigenvalue weighted by Gasteiger charge is 2.02. The summed E-state index contributed by atoms with van der Waals surface area (Å²) in [7, 11) is 0. The molecule has 0 aliphatic carbocycles. The summed E-state index contributed by atoms with van der Waals surface area (Å²) in [4.78, 5) is 42.8. The molecular formula is C12H22N4O6. The van der Waals surface area contributed by atoms with Gasteiger partial charge in [0.1, 0.15) is 0 Å². The molecular weight excluding hydrogens is 296 g/mol. The van der Waals surface area contributed by atoms with Crippen LogP contribution in [0.3, 0.4) is 0 Å². The molecule has 22 heavy (non-hydrogen) atoms. The zero-order chi connectivity index (χ0) is 16.8. The molecule has 0 atom stereocenters. The lowest BCUT2D eigenvalue weighted by molar-refractivity contribution is -0.137. The van der Waals surface area contributed by atoms with Gasteiger partial charge in [0.2, 0.25) is 0 Å². The van der Waals surface area contributed by atoms with Crippen LogP contribution in [0.5, 0.6) is 0 Å². The van der Waals surface area contributed by atoms with Crippen LogP contribution in [0.4, 0.5) is 9.59 Å². The molecule has 4 amide bonds. The van der Waals surface area contributed by atoms with Crippen LogP contribution in [-0.2, 0) is 9.59 Å². The highest BCUT2D eigenvalue weighted by atomic mass is 16.4. The minimum atomic E-state index is -0.979. The summed E-state index contributed by atoms with van der Waals surface area (Å²) < 4.78 is 0. The Kier molecular flexibility index (Phi) is 10.8. The zero-order valence-electron chi connectivity index (χ0n) is 12.2. The maximum Gasteiger partial charge on any atom is 0.314 e. The first-order chi connectivity index (χ1) is 10.4. The highest BCUT2D eigenvalue weighted by molar-refractivity contribution is 5.75. The van der Waals surface area contributed by atoms with Gasteiger partial charge in [0.25, 0.3) is 0 Å². The normalized spacial score (nSPS) is 9.64. The number of hydrogen-bond donors (Lipinski definition) is 6. The molecule has 10 heteroatoms. The van der Waals surface area contributed by atoms with Gasteiger partial charge in [-0.2, -0.15) is 0 Å². The van der Waals surface area contributed by atoms with Gasteiger partial charge in [-0.1, -0.05) is 0 Å². The van der Waals surface area contributed by atoms with Crippen molar-refractivity contribution in [1.82, 2.24) is 21.3 Å². The minimum Gasteiger partial charge on any atom is -0.481 e. The number of carbonyl (C=O) groups is 4. The number of aliphatic carboxylic acids is 2. The van der Waals surface area contributed by atoms with Crippen LogP contribution in [0, 0.1) is 0 Å². The molecule has 0 heterocycles. The fourth-order valence-corrected chi connectivity index (χ4v) is 1.34. The van der Waals surface area contributed by atoms with Crippen molar-refractivity contribution in [1.29, 1.82) is 0 Å². The van der Waals surface area contributed by atoms with Crippen LogP contribution in [-0.4, -0.2) is 60.4 Å². The van der Waals surface area contributed by atoms with Gasteiger partial charge in [0.05, 0.1) is 12.8 Å². The predicted molar refractivity (Wildman–Crippen MR) is 76.5 cm³/mol. The molecule has 6 N–H and O–H groups in total.